The van der Waals surface area contributed by atoms with Gasteiger partial charge in [-0.3, -0.25) is 4.79 Å². The highest BCUT2D eigenvalue weighted by Gasteiger charge is 2.26. The van der Waals surface area contributed by atoms with Crippen LogP contribution in [0.25, 0.3) is 5.65 Å². The molecule has 0 spiro atoms. The quantitative estimate of drug-likeness (QED) is 0.129. The Labute approximate surface area is 245 Å². The molecule has 4 heterocycles. The molecular formula is C31H38N9O2+. The van der Waals surface area contributed by atoms with Crippen LogP contribution in [0, 0.1) is 6.92 Å². The first-order valence-corrected chi connectivity index (χ1v) is 14.1. The topological polar surface area (TPSA) is 132 Å². The Morgan fingerprint density at radius 3 is 2.90 bits per heavy atom. The van der Waals surface area contributed by atoms with E-state index in [1.165, 1.54) is 6.34 Å². The number of ether oxygens (including phenoxy) is 1. The maximum atomic E-state index is 13.0. The third kappa shape index (κ3) is 6.58. The lowest BCUT2D eigenvalue weighted by Gasteiger charge is -2.23. The standard InChI is InChI=1S/C31H37N9O2/c1-21-16-24(7-8-27(21)42-25-11-15-40-28(17-25)35-20-36-40)37-30(34-19-32)29-26(9-12-33-29)23-6-5-13-39(14-10-23)31(41)22(2)18-38(3)4/h7-9,11-12,15-17,19-20,23H,2,5-6,10,13-14,18H2,1,3-4H3,(H3,32,33,34,37)/p+1. The van der Waals surface area contributed by atoms with E-state index in [1.807, 2.05) is 73.5 Å². The van der Waals surface area contributed by atoms with E-state index in [2.05, 4.69) is 32.7 Å². The molecule has 42 heavy (non-hydrogen) atoms. The van der Waals surface area contributed by atoms with Gasteiger partial charge in [0.05, 0.1) is 23.8 Å². The second-order valence-electron chi connectivity index (χ2n) is 10.8. The van der Waals surface area contributed by atoms with Crippen molar-refractivity contribution >= 4 is 29.4 Å². The van der Waals surface area contributed by atoms with Crippen molar-refractivity contribution in [3.8, 4) is 11.5 Å². The number of amides is 1. The number of nitrogens with two attached hydrogens (primary N) is 1. The molecule has 1 aliphatic heterocycles. The number of likely N-dealkylation sites (N-methyl/N-ethyl adjacent to an activating group) is 1. The van der Waals surface area contributed by atoms with E-state index in [0.29, 0.717) is 30.2 Å². The van der Waals surface area contributed by atoms with Gasteiger partial charge in [0.25, 0.3) is 0 Å². The lowest BCUT2D eigenvalue weighted by molar-refractivity contribution is -0.577. The van der Waals surface area contributed by atoms with Gasteiger partial charge in [-0.2, -0.15) is 5.10 Å². The second kappa shape index (κ2) is 12.8. The zero-order valence-corrected chi connectivity index (χ0v) is 24.4. The lowest BCUT2D eigenvalue weighted by atomic mass is 9.92. The van der Waals surface area contributed by atoms with E-state index in [-0.39, 0.29) is 11.8 Å². The molecule has 11 heteroatoms. The first-order chi connectivity index (χ1) is 20.3. The molecule has 218 valence electrons. The van der Waals surface area contributed by atoms with Gasteiger partial charge in [0.15, 0.2) is 5.84 Å². The number of aromatic nitrogens is 4. The summed E-state index contributed by atoms with van der Waals surface area (Å²) in [5.41, 5.74) is 10.8. The average Bonchev–Trinajstić information content (AvgIpc) is 3.57. The van der Waals surface area contributed by atoms with Gasteiger partial charge >= 0.3 is 5.65 Å². The largest absolute Gasteiger partial charge is 0.457 e. The van der Waals surface area contributed by atoms with Gasteiger partial charge in [-0.05, 0) is 86.6 Å². The van der Waals surface area contributed by atoms with Crippen molar-refractivity contribution in [3.05, 3.63) is 84.1 Å². The molecule has 1 saturated heterocycles. The maximum Gasteiger partial charge on any atom is 0.351 e. The number of hydrogen-bond donors (Lipinski definition) is 3. The molecule has 0 saturated carbocycles. The number of carbonyl (C=O) groups is 1. The Hall–Kier alpha value is -4.77. The van der Waals surface area contributed by atoms with E-state index in [4.69, 9.17) is 15.5 Å². The lowest BCUT2D eigenvalue weighted by Crippen LogP contribution is -2.35. The van der Waals surface area contributed by atoms with Crippen LogP contribution in [-0.2, 0) is 4.79 Å². The normalized spacial score (nSPS) is 16.3. The van der Waals surface area contributed by atoms with Crippen LogP contribution in [0.2, 0.25) is 0 Å². The summed E-state index contributed by atoms with van der Waals surface area (Å²) in [5, 5.41) is 3.01. The van der Waals surface area contributed by atoms with Crippen LogP contribution in [-0.4, -0.2) is 76.7 Å². The number of carbonyl (C=O) groups excluding carboxylic acids is 1. The molecule has 1 atom stereocenters. The van der Waals surface area contributed by atoms with Crippen molar-refractivity contribution in [2.45, 2.75) is 32.1 Å². The molecule has 0 radical (unpaired) electrons. The molecule has 4 N–H and O–H groups in total. The zero-order valence-electron chi connectivity index (χ0n) is 24.4. The van der Waals surface area contributed by atoms with E-state index >= 15 is 0 Å². The molecule has 1 aliphatic rings. The van der Waals surface area contributed by atoms with Crippen LogP contribution in [0.3, 0.4) is 0 Å². The fourth-order valence-corrected chi connectivity index (χ4v) is 5.38. The summed E-state index contributed by atoms with van der Waals surface area (Å²) < 4.78 is 7.93. The molecule has 5 rings (SSSR count). The van der Waals surface area contributed by atoms with E-state index < -0.39 is 0 Å². The van der Waals surface area contributed by atoms with Gasteiger partial charge in [-0.1, -0.05) is 6.58 Å². The van der Waals surface area contributed by atoms with Crippen LogP contribution >= 0.6 is 0 Å². The number of benzene rings is 1. The molecule has 4 aromatic rings. The number of nitrogens with zero attached hydrogens (tertiary/aromatic N) is 6. The number of rotatable bonds is 8. The van der Waals surface area contributed by atoms with Crippen LogP contribution in [0.15, 0.2) is 77.3 Å². The number of H-pyrrole nitrogens is 2. The predicted molar refractivity (Wildman–Crippen MR) is 164 cm³/mol. The van der Waals surface area contributed by atoms with E-state index in [0.717, 1.165) is 59.7 Å². The molecule has 0 bridgehead atoms. The predicted octanol–water partition coefficient (Wildman–Crippen LogP) is 3.86. The van der Waals surface area contributed by atoms with E-state index in [9.17, 15) is 4.79 Å². The highest BCUT2D eigenvalue weighted by atomic mass is 16.5. The van der Waals surface area contributed by atoms with E-state index in [1.54, 1.807) is 10.8 Å². The monoisotopic (exact) mass is 568 g/mol. The van der Waals surface area contributed by atoms with Gasteiger partial charge in [0.2, 0.25) is 12.2 Å². The molecule has 0 aliphatic carbocycles. The summed E-state index contributed by atoms with van der Waals surface area (Å²) in [5.74, 6) is 2.22. The minimum Gasteiger partial charge on any atom is -0.457 e. The summed E-state index contributed by atoms with van der Waals surface area (Å²) in [4.78, 5) is 33.8. The number of fused-ring (bicyclic) bond motifs is 1. The Bertz CT molecular complexity index is 1630. The van der Waals surface area contributed by atoms with Gasteiger partial charge in [0, 0.05) is 37.5 Å². The van der Waals surface area contributed by atoms with Crippen molar-refractivity contribution in [2.75, 3.05) is 33.7 Å². The summed E-state index contributed by atoms with van der Waals surface area (Å²) in [6.07, 6.45) is 9.39. The smallest absolute Gasteiger partial charge is 0.351 e. The Balaban J connectivity index is 1.33. The van der Waals surface area contributed by atoms with Gasteiger partial charge in [0.1, 0.15) is 17.7 Å². The summed E-state index contributed by atoms with van der Waals surface area (Å²) in [7, 11) is 3.89. The Morgan fingerprint density at radius 1 is 1.26 bits per heavy atom. The highest BCUT2D eigenvalue weighted by molar-refractivity contribution is 6.04. The van der Waals surface area contributed by atoms with Crippen molar-refractivity contribution in [3.63, 3.8) is 0 Å². The first kappa shape index (κ1) is 28.7. The van der Waals surface area contributed by atoms with Crippen molar-refractivity contribution in [2.24, 2.45) is 15.7 Å². The number of nitrogens with one attached hydrogen (secondary N) is 2. The number of pyridine rings is 1. The van der Waals surface area contributed by atoms with Crippen LogP contribution < -0.4 is 15.0 Å². The van der Waals surface area contributed by atoms with Crippen LogP contribution in [0.4, 0.5) is 5.69 Å². The number of aryl methyl sites for hydroxylation is 1. The number of hydrogen-bond acceptors (Lipinski definition) is 5. The molecule has 1 aromatic carbocycles. The number of likely N-dealkylation sites (tertiary alicyclic amines) is 1. The van der Waals surface area contributed by atoms with Gasteiger partial charge in [-0.25, -0.2) is 9.98 Å². The van der Waals surface area contributed by atoms with Crippen LogP contribution in [0.5, 0.6) is 11.5 Å². The van der Waals surface area contributed by atoms with Gasteiger partial charge in [-0.15, -0.1) is 4.52 Å². The Kier molecular flexibility index (Phi) is 8.77. The van der Waals surface area contributed by atoms with Crippen LogP contribution in [0.1, 0.15) is 42.0 Å². The highest BCUT2D eigenvalue weighted by Crippen LogP contribution is 2.33. The molecule has 11 nitrogen and oxygen atoms in total. The molecular weight excluding hydrogens is 530 g/mol. The number of amidine groups is 1. The summed E-state index contributed by atoms with van der Waals surface area (Å²) in [6, 6.07) is 11.6. The van der Waals surface area contributed by atoms with Crippen molar-refractivity contribution in [1.82, 2.24) is 24.9 Å². The minimum atomic E-state index is 0.0389. The molecule has 1 amide bonds. The Morgan fingerprint density at radius 2 is 2.12 bits per heavy atom. The summed E-state index contributed by atoms with van der Waals surface area (Å²) in [6.45, 7) is 7.96. The van der Waals surface area contributed by atoms with Crippen molar-refractivity contribution in [1.29, 1.82) is 0 Å². The summed E-state index contributed by atoms with van der Waals surface area (Å²) >= 11 is 0. The second-order valence-corrected chi connectivity index (χ2v) is 10.8. The SMILES string of the molecule is C=C(CN(C)C)C(=O)N1CCCC(c2cc[nH]c2C(N=CN)=Nc2ccc(Oc3cc[n+]4[nH]cnc4c3)c(C)c2)CC1. The molecule has 3 aromatic heterocycles. The maximum absolute atomic E-state index is 13.0. The number of aliphatic imine (C=N–C) groups is 2. The third-order valence-corrected chi connectivity index (χ3v) is 7.39. The van der Waals surface area contributed by atoms with Gasteiger partial charge < -0.3 is 25.3 Å². The minimum absolute atomic E-state index is 0.0389. The fourth-order valence-electron chi connectivity index (χ4n) is 5.38. The zero-order chi connectivity index (χ0) is 29.6. The number of aromatic amines is 2. The average molecular weight is 569 g/mol. The first-order valence-electron chi connectivity index (χ1n) is 14.1. The third-order valence-electron chi connectivity index (χ3n) is 7.39. The fraction of sp³-hybridized carbons (Fsp3) is 0.323. The van der Waals surface area contributed by atoms with Crippen molar-refractivity contribution < 1.29 is 14.0 Å². The molecule has 1 unspecified atom stereocenters. The molecule has 1 fully saturated rings.